The van der Waals surface area contributed by atoms with Gasteiger partial charge in [-0.15, -0.1) is 0 Å². The van der Waals surface area contributed by atoms with Gasteiger partial charge in [-0.25, -0.2) is 4.79 Å². The third-order valence-corrected chi connectivity index (χ3v) is 3.96. The summed E-state index contributed by atoms with van der Waals surface area (Å²) in [5.74, 6) is -0.444. The van der Waals surface area contributed by atoms with E-state index in [0.29, 0.717) is 12.4 Å². The minimum Gasteiger partial charge on any atom is -0.489 e. The molecule has 0 spiro atoms. The molecule has 2 aliphatic heterocycles. The number of hydrogen-bond acceptors (Lipinski definition) is 5. The SMILES string of the molecule is O=C(O)c1cccc2c1OCCN2CCN1CCOCC1. The van der Waals surface area contributed by atoms with Crippen LogP contribution in [0, 0.1) is 0 Å². The molecule has 0 aliphatic carbocycles. The van der Waals surface area contributed by atoms with Crippen molar-refractivity contribution in [3.05, 3.63) is 23.8 Å². The standard InChI is InChI=1S/C15H20N2O4/c18-15(19)12-2-1-3-13-14(12)21-11-8-17(13)5-4-16-6-9-20-10-7-16/h1-3H,4-11H2,(H,18,19). The zero-order chi connectivity index (χ0) is 14.7. The number of carbonyl (C=O) groups is 1. The first-order chi connectivity index (χ1) is 10.3. The van der Waals surface area contributed by atoms with Gasteiger partial charge in [-0.3, -0.25) is 4.90 Å². The van der Waals surface area contributed by atoms with Gasteiger partial charge in [-0.05, 0) is 12.1 Å². The minimum atomic E-state index is -0.943. The Balaban J connectivity index is 1.71. The van der Waals surface area contributed by atoms with E-state index in [1.807, 2.05) is 6.07 Å². The summed E-state index contributed by atoms with van der Waals surface area (Å²) in [7, 11) is 0. The van der Waals surface area contributed by atoms with E-state index in [9.17, 15) is 9.90 Å². The van der Waals surface area contributed by atoms with E-state index in [-0.39, 0.29) is 5.56 Å². The zero-order valence-electron chi connectivity index (χ0n) is 12.0. The zero-order valence-corrected chi connectivity index (χ0v) is 12.0. The molecule has 6 nitrogen and oxygen atoms in total. The third kappa shape index (κ3) is 3.11. The summed E-state index contributed by atoms with van der Waals surface area (Å²) in [4.78, 5) is 15.8. The van der Waals surface area contributed by atoms with Gasteiger partial charge in [0, 0.05) is 26.2 Å². The van der Waals surface area contributed by atoms with Gasteiger partial charge < -0.3 is 19.5 Å². The second kappa shape index (κ2) is 6.32. The number of carboxylic acids is 1. The lowest BCUT2D eigenvalue weighted by molar-refractivity contribution is 0.0390. The molecular formula is C15H20N2O4. The Morgan fingerprint density at radius 1 is 1.14 bits per heavy atom. The van der Waals surface area contributed by atoms with Crippen LogP contribution in [-0.2, 0) is 4.74 Å². The molecule has 0 amide bonds. The predicted molar refractivity (Wildman–Crippen MR) is 78.4 cm³/mol. The van der Waals surface area contributed by atoms with E-state index >= 15 is 0 Å². The lowest BCUT2D eigenvalue weighted by atomic mass is 10.1. The summed E-state index contributed by atoms with van der Waals surface area (Å²) in [6.07, 6.45) is 0. The number of fused-ring (bicyclic) bond motifs is 1. The molecule has 1 saturated heterocycles. The molecule has 0 saturated carbocycles. The molecule has 2 aliphatic rings. The van der Waals surface area contributed by atoms with Crippen molar-refractivity contribution in [3.8, 4) is 5.75 Å². The number of nitrogens with zero attached hydrogens (tertiary/aromatic N) is 2. The Morgan fingerprint density at radius 3 is 2.71 bits per heavy atom. The molecule has 114 valence electrons. The fraction of sp³-hybridized carbons (Fsp3) is 0.533. The first-order valence-corrected chi connectivity index (χ1v) is 7.30. The van der Waals surface area contributed by atoms with Gasteiger partial charge in [0.1, 0.15) is 12.2 Å². The largest absolute Gasteiger partial charge is 0.489 e. The molecule has 1 fully saturated rings. The Kier molecular flexibility index (Phi) is 4.26. The maximum absolute atomic E-state index is 11.3. The highest BCUT2D eigenvalue weighted by Gasteiger charge is 2.24. The summed E-state index contributed by atoms with van der Waals surface area (Å²) < 4.78 is 10.9. The first kappa shape index (κ1) is 14.2. The number of morpholine rings is 1. The van der Waals surface area contributed by atoms with Crippen LogP contribution in [0.15, 0.2) is 18.2 Å². The fourth-order valence-corrected chi connectivity index (χ4v) is 2.79. The van der Waals surface area contributed by atoms with E-state index in [1.54, 1.807) is 12.1 Å². The van der Waals surface area contributed by atoms with Crippen LogP contribution in [-0.4, -0.2) is 68.5 Å². The second-order valence-corrected chi connectivity index (χ2v) is 5.25. The number of carboxylic acid groups (broad SMARTS) is 1. The maximum atomic E-state index is 11.3. The minimum absolute atomic E-state index is 0.239. The summed E-state index contributed by atoms with van der Waals surface area (Å²) in [6, 6.07) is 5.30. The van der Waals surface area contributed by atoms with Crippen molar-refractivity contribution >= 4 is 11.7 Å². The molecule has 6 heteroatoms. The predicted octanol–water partition coefficient (Wildman–Crippen LogP) is 0.916. The van der Waals surface area contributed by atoms with Crippen LogP contribution in [0.2, 0.25) is 0 Å². The highest BCUT2D eigenvalue weighted by atomic mass is 16.5. The van der Waals surface area contributed by atoms with Gasteiger partial charge in [0.25, 0.3) is 0 Å². The van der Waals surface area contributed by atoms with Gasteiger partial charge in [-0.1, -0.05) is 6.07 Å². The number of ether oxygens (including phenoxy) is 2. The van der Waals surface area contributed by atoms with E-state index < -0.39 is 5.97 Å². The number of hydrogen-bond donors (Lipinski definition) is 1. The van der Waals surface area contributed by atoms with Crippen LogP contribution >= 0.6 is 0 Å². The first-order valence-electron chi connectivity index (χ1n) is 7.30. The summed E-state index contributed by atoms with van der Waals surface area (Å²) in [5.41, 5.74) is 1.12. The van der Waals surface area contributed by atoms with Crippen LogP contribution in [0.4, 0.5) is 5.69 Å². The molecular weight excluding hydrogens is 272 g/mol. The molecule has 1 aromatic rings. The quantitative estimate of drug-likeness (QED) is 0.890. The molecule has 0 aromatic heterocycles. The van der Waals surface area contributed by atoms with Crippen LogP contribution < -0.4 is 9.64 Å². The Bertz CT molecular complexity index is 514. The van der Waals surface area contributed by atoms with E-state index in [1.165, 1.54) is 0 Å². The van der Waals surface area contributed by atoms with Crippen LogP contribution in [0.25, 0.3) is 0 Å². The molecule has 1 aromatic carbocycles. The summed E-state index contributed by atoms with van der Waals surface area (Å²) >= 11 is 0. The van der Waals surface area contributed by atoms with E-state index in [2.05, 4.69) is 9.80 Å². The Morgan fingerprint density at radius 2 is 1.95 bits per heavy atom. The molecule has 0 radical (unpaired) electrons. The Labute approximate surface area is 123 Å². The lowest BCUT2D eigenvalue weighted by Gasteiger charge is -2.34. The molecule has 0 atom stereocenters. The van der Waals surface area contributed by atoms with Crippen molar-refractivity contribution in [2.45, 2.75) is 0 Å². The van der Waals surface area contributed by atoms with E-state index in [0.717, 1.165) is 51.6 Å². The average Bonchev–Trinajstić information content (AvgIpc) is 2.53. The van der Waals surface area contributed by atoms with Crippen LogP contribution in [0.3, 0.4) is 0 Å². The maximum Gasteiger partial charge on any atom is 0.339 e. The van der Waals surface area contributed by atoms with Crippen LogP contribution in [0.1, 0.15) is 10.4 Å². The van der Waals surface area contributed by atoms with Gasteiger partial charge in [-0.2, -0.15) is 0 Å². The van der Waals surface area contributed by atoms with Crippen LogP contribution in [0.5, 0.6) is 5.75 Å². The monoisotopic (exact) mass is 292 g/mol. The number of benzene rings is 1. The highest BCUT2D eigenvalue weighted by molar-refractivity contribution is 5.93. The highest BCUT2D eigenvalue weighted by Crippen LogP contribution is 2.34. The van der Waals surface area contributed by atoms with Crippen molar-refractivity contribution in [1.29, 1.82) is 0 Å². The van der Waals surface area contributed by atoms with Crippen molar-refractivity contribution < 1.29 is 19.4 Å². The molecule has 0 unspecified atom stereocenters. The van der Waals surface area contributed by atoms with Crippen molar-refractivity contribution in [2.24, 2.45) is 0 Å². The molecule has 3 rings (SSSR count). The lowest BCUT2D eigenvalue weighted by Crippen LogP contribution is -2.43. The number of anilines is 1. The fourth-order valence-electron chi connectivity index (χ4n) is 2.79. The van der Waals surface area contributed by atoms with E-state index in [4.69, 9.17) is 9.47 Å². The second-order valence-electron chi connectivity index (χ2n) is 5.25. The third-order valence-electron chi connectivity index (χ3n) is 3.96. The summed E-state index contributed by atoms with van der Waals surface area (Å²) in [5, 5.41) is 9.24. The molecule has 0 bridgehead atoms. The molecule has 21 heavy (non-hydrogen) atoms. The Hall–Kier alpha value is -1.79. The van der Waals surface area contributed by atoms with Crippen molar-refractivity contribution in [1.82, 2.24) is 4.90 Å². The number of rotatable bonds is 4. The number of aromatic carboxylic acids is 1. The molecule has 2 heterocycles. The van der Waals surface area contributed by atoms with Gasteiger partial charge in [0.2, 0.25) is 0 Å². The van der Waals surface area contributed by atoms with Crippen molar-refractivity contribution in [3.63, 3.8) is 0 Å². The average molecular weight is 292 g/mol. The molecule has 1 N–H and O–H groups in total. The topological polar surface area (TPSA) is 62.2 Å². The van der Waals surface area contributed by atoms with Crippen molar-refractivity contribution in [2.75, 3.05) is 57.4 Å². The normalized spacial score (nSPS) is 19.0. The smallest absolute Gasteiger partial charge is 0.339 e. The van der Waals surface area contributed by atoms with Gasteiger partial charge >= 0.3 is 5.97 Å². The van der Waals surface area contributed by atoms with Gasteiger partial charge in [0.15, 0.2) is 5.75 Å². The summed E-state index contributed by atoms with van der Waals surface area (Å²) in [6.45, 7) is 6.67. The van der Waals surface area contributed by atoms with Gasteiger partial charge in [0.05, 0.1) is 25.4 Å². The number of para-hydroxylation sites is 1.